The van der Waals surface area contributed by atoms with Crippen LogP contribution in [0.2, 0.25) is 0 Å². The number of benzene rings is 2. The summed E-state index contributed by atoms with van der Waals surface area (Å²) in [6.07, 6.45) is 2.79. The molecule has 0 radical (unpaired) electrons. The number of carbonyl (C=O) groups is 1. The normalized spacial score (nSPS) is 12.1. The van der Waals surface area contributed by atoms with Crippen molar-refractivity contribution in [3.05, 3.63) is 59.9 Å². The molecule has 0 saturated carbocycles. The smallest absolute Gasteiger partial charge is 0.224 e. The number of rotatable bonds is 6. The fourth-order valence-corrected chi connectivity index (χ4v) is 2.77. The second-order valence-corrected chi connectivity index (χ2v) is 5.95. The molecule has 0 aliphatic heterocycles. The van der Waals surface area contributed by atoms with Gasteiger partial charge in [0.05, 0.1) is 25.8 Å². The number of methoxy groups -OCH3 is 1. The number of hydrogen-bond acceptors (Lipinski definition) is 4. The van der Waals surface area contributed by atoms with E-state index >= 15 is 0 Å². The van der Waals surface area contributed by atoms with Gasteiger partial charge in [-0.05, 0) is 28.5 Å². The standard InChI is InChI=1S/C19H21N3O3/c1-22-12-15(10-21-22)18(23)11-20-19(24)8-14-5-3-4-13-6-7-16(25-2)9-17(13)14/h3-7,9-10,12,18,23H,8,11H2,1-2H3,(H,20,24). The molecule has 0 bridgehead atoms. The van der Waals surface area contributed by atoms with Crippen molar-refractivity contribution in [2.45, 2.75) is 12.5 Å². The molecule has 6 heteroatoms. The SMILES string of the molecule is COc1ccc2cccc(CC(=O)NCC(O)c3cnn(C)c3)c2c1. The van der Waals surface area contributed by atoms with Crippen LogP contribution in [-0.2, 0) is 18.3 Å². The molecule has 0 aliphatic rings. The Bertz CT molecular complexity index is 889. The highest BCUT2D eigenvalue weighted by Crippen LogP contribution is 2.24. The topological polar surface area (TPSA) is 76.4 Å². The van der Waals surface area contributed by atoms with Crippen molar-refractivity contribution in [3.63, 3.8) is 0 Å². The average Bonchev–Trinajstić information content (AvgIpc) is 3.06. The van der Waals surface area contributed by atoms with E-state index in [2.05, 4.69) is 10.4 Å². The molecule has 2 aromatic carbocycles. The number of nitrogens with zero attached hydrogens (tertiary/aromatic N) is 2. The molecule has 0 aliphatic carbocycles. The molecule has 0 saturated heterocycles. The van der Waals surface area contributed by atoms with Crippen LogP contribution in [0.25, 0.3) is 10.8 Å². The van der Waals surface area contributed by atoms with Crippen LogP contribution in [0.5, 0.6) is 5.75 Å². The number of ether oxygens (including phenoxy) is 1. The third kappa shape index (κ3) is 3.97. The van der Waals surface area contributed by atoms with Crippen LogP contribution in [0.1, 0.15) is 17.2 Å². The number of hydrogen-bond donors (Lipinski definition) is 2. The van der Waals surface area contributed by atoms with Crippen LogP contribution < -0.4 is 10.1 Å². The Hall–Kier alpha value is -2.86. The quantitative estimate of drug-likeness (QED) is 0.720. The molecule has 1 atom stereocenters. The number of carbonyl (C=O) groups excluding carboxylic acids is 1. The van der Waals surface area contributed by atoms with Crippen molar-refractivity contribution in [1.29, 1.82) is 0 Å². The summed E-state index contributed by atoms with van der Waals surface area (Å²) in [5.74, 6) is 0.616. The summed E-state index contributed by atoms with van der Waals surface area (Å²) in [7, 11) is 3.40. The van der Waals surface area contributed by atoms with E-state index in [9.17, 15) is 9.90 Å². The minimum Gasteiger partial charge on any atom is -0.497 e. The summed E-state index contributed by atoms with van der Waals surface area (Å²) >= 11 is 0. The van der Waals surface area contributed by atoms with Crippen molar-refractivity contribution >= 4 is 16.7 Å². The third-order valence-electron chi connectivity index (χ3n) is 4.13. The zero-order valence-electron chi connectivity index (χ0n) is 14.3. The van der Waals surface area contributed by atoms with Gasteiger partial charge in [-0.15, -0.1) is 0 Å². The van der Waals surface area contributed by atoms with Crippen LogP contribution in [0.3, 0.4) is 0 Å². The zero-order valence-corrected chi connectivity index (χ0v) is 14.3. The molecule has 3 aromatic rings. The number of fused-ring (bicyclic) bond motifs is 1. The third-order valence-corrected chi connectivity index (χ3v) is 4.13. The Morgan fingerprint density at radius 3 is 2.92 bits per heavy atom. The van der Waals surface area contributed by atoms with Gasteiger partial charge in [0.1, 0.15) is 5.75 Å². The van der Waals surface area contributed by atoms with Gasteiger partial charge in [-0.1, -0.05) is 24.3 Å². The largest absolute Gasteiger partial charge is 0.497 e. The number of aromatic nitrogens is 2. The first-order valence-corrected chi connectivity index (χ1v) is 8.06. The van der Waals surface area contributed by atoms with Gasteiger partial charge in [-0.2, -0.15) is 5.10 Å². The van der Waals surface area contributed by atoms with Crippen LogP contribution in [0, 0.1) is 0 Å². The second-order valence-electron chi connectivity index (χ2n) is 5.95. The molecular weight excluding hydrogens is 318 g/mol. The number of aliphatic hydroxyl groups excluding tert-OH is 1. The molecule has 1 unspecified atom stereocenters. The van der Waals surface area contributed by atoms with Crippen molar-refractivity contribution in [2.75, 3.05) is 13.7 Å². The first-order chi connectivity index (χ1) is 12.1. The van der Waals surface area contributed by atoms with Crippen molar-refractivity contribution < 1.29 is 14.6 Å². The highest BCUT2D eigenvalue weighted by Gasteiger charge is 2.12. The van der Waals surface area contributed by atoms with Crippen molar-refractivity contribution in [1.82, 2.24) is 15.1 Å². The monoisotopic (exact) mass is 339 g/mol. The molecule has 2 N–H and O–H groups in total. The molecule has 1 aromatic heterocycles. The van der Waals surface area contributed by atoms with Gasteiger partial charge >= 0.3 is 0 Å². The first-order valence-electron chi connectivity index (χ1n) is 8.06. The zero-order chi connectivity index (χ0) is 17.8. The fraction of sp³-hybridized carbons (Fsp3) is 0.263. The van der Waals surface area contributed by atoms with E-state index in [1.54, 1.807) is 31.2 Å². The first kappa shape index (κ1) is 17.0. The number of aliphatic hydroxyl groups is 1. The van der Waals surface area contributed by atoms with Gasteiger partial charge in [0.2, 0.25) is 5.91 Å². The maximum Gasteiger partial charge on any atom is 0.224 e. The maximum atomic E-state index is 12.3. The van der Waals surface area contributed by atoms with Gasteiger partial charge in [0.25, 0.3) is 0 Å². The lowest BCUT2D eigenvalue weighted by Crippen LogP contribution is -2.29. The highest BCUT2D eigenvalue weighted by atomic mass is 16.5. The molecule has 1 heterocycles. The number of amides is 1. The summed E-state index contributed by atoms with van der Waals surface area (Å²) in [4.78, 5) is 12.3. The Kier molecular flexibility index (Phi) is 5.00. The van der Waals surface area contributed by atoms with Crippen molar-refractivity contribution in [2.24, 2.45) is 7.05 Å². The van der Waals surface area contributed by atoms with Gasteiger partial charge in [-0.3, -0.25) is 9.48 Å². The van der Waals surface area contributed by atoms with Crippen LogP contribution in [0.15, 0.2) is 48.8 Å². The van der Waals surface area contributed by atoms with E-state index in [-0.39, 0.29) is 18.9 Å². The van der Waals surface area contributed by atoms with Gasteiger partial charge in [0.15, 0.2) is 0 Å². The average molecular weight is 339 g/mol. The van der Waals surface area contributed by atoms with Crippen LogP contribution >= 0.6 is 0 Å². The maximum absolute atomic E-state index is 12.3. The lowest BCUT2D eigenvalue weighted by atomic mass is 10.0. The molecule has 130 valence electrons. The predicted octanol–water partition coefficient (Wildman–Crippen LogP) is 1.97. The lowest BCUT2D eigenvalue weighted by molar-refractivity contribution is -0.120. The lowest BCUT2D eigenvalue weighted by Gasteiger charge is -2.12. The van der Waals surface area contributed by atoms with E-state index < -0.39 is 6.10 Å². The summed E-state index contributed by atoms with van der Waals surface area (Å²) < 4.78 is 6.89. The highest BCUT2D eigenvalue weighted by molar-refractivity contribution is 5.91. The Balaban J connectivity index is 1.67. The van der Waals surface area contributed by atoms with Gasteiger partial charge < -0.3 is 15.2 Å². The Morgan fingerprint density at radius 2 is 2.20 bits per heavy atom. The summed E-state index contributed by atoms with van der Waals surface area (Å²) in [5, 5.41) is 18.9. The minimum atomic E-state index is -0.773. The molecule has 6 nitrogen and oxygen atoms in total. The number of aryl methyl sites for hydroxylation is 1. The molecule has 0 fully saturated rings. The minimum absolute atomic E-state index is 0.140. The second kappa shape index (κ2) is 7.36. The molecule has 1 amide bonds. The van der Waals surface area contributed by atoms with Crippen molar-refractivity contribution in [3.8, 4) is 5.75 Å². The Morgan fingerprint density at radius 1 is 1.36 bits per heavy atom. The summed E-state index contributed by atoms with van der Waals surface area (Å²) in [6.45, 7) is 0.151. The van der Waals surface area contributed by atoms with Gasteiger partial charge in [-0.25, -0.2) is 0 Å². The molecule has 3 rings (SSSR count). The van der Waals surface area contributed by atoms with E-state index in [1.165, 1.54) is 0 Å². The van der Waals surface area contributed by atoms with E-state index in [1.807, 2.05) is 36.4 Å². The Labute approximate surface area is 146 Å². The summed E-state index contributed by atoms with van der Waals surface area (Å²) in [6, 6.07) is 11.7. The predicted molar refractivity (Wildman–Crippen MR) is 95.4 cm³/mol. The van der Waals surface area contributed by atoms with E-state index in [4.69, 9.17) is 4.74 Å². The van der Waals surface area contributed by atoms with E-state index in [0.717, 1.165) is 22.1 Å². The van der Waals surface area contributed by atoms with Gasteiger partial charge in [0, 0.05) is 25.4 Å². The molecule has 0 spiro atoms. The van der Waals surface area contributed by atoms with E-state index in [0.29, 0.717) is 5.56 Å². The van der Waals surface area contributed by atoms with Crippen LogP contribution in [-0.4, -0.2) is 34.4 Å². The number of nitrogens with one attached hydrogen (secondary N) is 1. The summed E-state index contributed by atoms with van der Waals surface area (Å²) in [5.41, 5.74) is 1.60. The fourth-order valence-electron chi connectivity index (χ4n) is 2.77. The van der Waals surface area contributed by atoms with Crippen LogP contribution in [0.4, 0.5) is 0 Å². The molecule has 25 heavy (non-hydrogen) atoms. The molecular formula is C19H21N3O3.